The van der Waals surface area contributed by atoms with Gasteiger partial charge in [-0.25, -0.2) is 9.37 Å². The van der Waals surface area contributed by atoms with E-state index >= 15 is 0 Å². The first-order valence-electron chi connectivity index (χ1n) is 10.1. The van der Waals surface area contributed by atoms with E-state index in [9.17, 15) is 30.7 Å². The van der Waals surface area contributed by atoms with Crippen molar-refractivity contribution >= 4 is 17.5 Å². The lowest BCUT2D eigenvalue weighted by Gasteiger charge is -2.17. The van der Waals surface area contributed by atoms with E-state index in [0.717, 1.165) is 24.3 Å². The van der Waals surface area contributed by atoms with Crippen LogP contribution < -0.4 is 15.4 Å². The molecule has 0 unspecified atom stereocenters. The molecule has 3 rings (SSSR count). The van der Waals surface area contributed by atoms with Gasteiger partial charge in [0.15, 0.2) is 0 Å². The van der Waals surface area contributed by atoms with Gasteiger partial charge in [0, 0.05) is 24.7 Å². The van der Waals surface area contributed by atoms with E-state index in [0.29, 0.717) is 19.2 Å². The monoisotopic (exact) mass is 503 g/mol. The van der Waals surface area contributed by atoms with Gasteiger partial charge < -0.3 is 20.3 Å². The zero-order valence-electron chi connectivity index (χ0n) is 18.4. The van der Waals surface area contributed by atoms with Crippen LogP contribution in [0, 0.1) is 5.82 Å². The molecule has 0 bridgehead atoms. The zero-order chi connectivity index (χ0) is 25.8. The normalized spacial score (nSPS) is 12.1. The summed E-state index contributed by atoms with van der Waals surface area (Å²) in [4.78, 5) is 10.2. The van der Waals surface area contributed by atoms with E-state index in [4.69, 9.17) is 0 Å². The highest BCUT2D eigenvalue weighted by molar-refractivity contribution is 5.70. The fourth-order valence-corrected chi connectivity index (χ4v) is 3.00. The largest absolute Gasteiger partial charge is 0.573 e. The second-order valence-corrected chi connectivity index (χ2v) is 7.55. The smallest absolute Gasteiger partial charge is 0.406 e. The molecule has 2 aromatic carbocycles. The second-order valence-electron chi connectivity index (χ2n) is 7.55. The Morgan fingerprint density at radius 1 is 0.943 bits per heavy atom. The van der Waals surface area contributed by atoms with Gasteiger partial charge in [0.2, 0.25) is 5.95 Å². The second kappa shape index (κ2) is 10.3. The van der Waals surface area contributed by atoms with Crippen molar-refractivity contribution in [3.63, 3.8) is 0 Å². The lowest BCUT2D eigenvalue weighted by atomic mass is 10.1. The van der Waals surface area contributed by atoms with Crippen LogP contribution in [0.15, 0.2) is 48.5 Å². The van der Waals surface area contributed by atoms with Gasteiger partial charge in [0.25, 0.3) is 0 Å². The Morgan fingerprint density at radius 3 is 2.31 bits per heavy atom. The molecule has 0 aliphatic rings. The van der Waals surface area contributed by atoms with E-state index in [1.54, 1.807) is 0 Å². The number of halogens is 7. The number of ether oxygens (including phenoxy) is 1. The van der Waals surface area contributed by atoms with Crippen molar-refractivity contribution in [1.82, 2.24) is 14.9 Å². The van der Waals surface area contributed by atoms with Crippen LogP contribution in [0.3, 0.4) is 0 Å². The number of likely N-dealkylation sites (N-methyl/N-ethyl adjacent to an activating group) is 1. The third-order valence-corrected chi connectivity index (χ3v) is 4.50. The van der Waals surface area contributed by atoms with Gasteiger partial charge in [-0.2, -0.15) is 18.2 Å². The number of anilines is 3. The van der Waals surface area contributed by atoms with Crippen LogP contribution in [-0.4, -0.2) is 48.4 Å². The Kier molecular flexibility index (Phi) is 7.68. The van der Waals surface area contributed by atoms with Gasteiger partial charge in [-0.15, -0.1) is 13.2 Å². The first kappa shape index (κ1) is 26.0. The first-order chi connectivity index (χ1) is 16.3. The SMILES string of the molecule is CN(C)CCNc1nc(Nc2c(F)cccc2C(F)(F)F)cc(-c2cccc(OC(F)(F)F)c2)n1. The number of nitrogens with one attached hydrogen (secondary N) is 2. The molecule has 0 amide bonds. The average molecular weight is 503 g/mol. The summed E-state index contributed by atoms with van der Waals surface area (Å²) < 4.78 is 96.4. The number of benzene rings is 2. The van der Waals surface area contributed by atoms with E-state index in [2.05, 4.69) is 25.3 Å². The van der Waals surface area contributed by atoms with E-state index in [1.165, 1.54) is 18.2 Å². The molecular weight excluding hydrogens is 483 g/mol. The van der Waals surface area contributed by atoms with Gasteiger partial charge in [-0.1, -0.05) is 18.2 Å². The molecule has 35 heavy (non-hydrogen) atoms. The summed E-state index contributed by atoms with van der Waals surface area (Å²) >= 11 is 0. The van der Waals surface area contributed by atoms with Gasteiger partial charge in [0.05, 0.1) is 16.9 Å². The van der Waals surface area contributed by atoms with Gasteiger partial charge in [-0.05, 0) is 38.4 Å². The van der Waals surface area contributed by atoms with Gasteiger partial charge >= 0.3 is 12.5 Å². The fraction of sp³-hybridized carbons (Fsp3) is 0.273. The minimum atomic E-state index is -4.92. The quantitative estimate of drug-likeness (QED) is 0.373. The van der Waals surface area contributed by atoms with E-state index in [-0.39, 0.29) is 23.0 Å². The van der Waals surface area contributed by atoms with Crippen LogP contribution in [0.5, 0.6) is 5.75 Å². The molecule has 2 N–H and O–H groups in total. The molecule has 3 aromatic rings. The molecular formula is C22H20F7N5O. The highest BCUT2D eigenvalue weighted by Gasteiger charge is 2.35. The average Bonchev–Trinajstić information content (AvgIpc) is 2.73. The fourth-order valence-electron chi connectivity index (χ4n) is 3.00. The van der Waals surface area contributed by atoms with Crippen LogP contribution >= 0.6 is 0 Å². The maximum absolute atomic E-state index is 14.3. The van der Waals surface area contributed by atoms with Crippen LogP contribution in [0.2, 0.25) is 0 Å². The number of para-hydroxylation sites is 1. The number of hydrogen-bond acceptors (Lipinski definition) is 6. The molecule has 0 spiro atoms. The zero-order valence-corrected chi connectivity index (χ0v) is 18.4. The van der Waals surface area contributed by atoms with E-state index in [1.807, 2.05) is 19.0 Å². The number of nitrogens with zero attached hydrogens (tertiary/aromatic N) is 3. The maximum Gasteiger partial charge on any atom is 0.573 e. The number of rotatable bonds is 8. The van der Waals surface area contributed by atoms with Gasteiger partial charge in [-0.3, -0.25) is 0 Å². The van der Waals surface area contributed by atoms with Crippen molar-refractivity contribution in [2.24, 2.45) is 0 Å². The molecule has 0 fully saturated rings. The topological polar surface area (TPSA) is 62.3 Å². The lowest BCUT2D eigenvalue weighted by molar-refractivity contribution is -0.274. The van der Waals surface area contributed by atoms with E-state index < -0.39 is 35.4 Å². The molecule has 0 aliphatic heterocycles. The molecule has 0 saturated carbocycles. The summed E-state index contributed by atoms with van der Waals surface area (Å²) in [5.74, 6) is -1.92. The summed E-state index contributed by atoms with van der Waals surface area (Å²) in [5.41, 5.74) is -1.87. The van der Waals surface area contributed by atoms with Crippen molar-refractivity contribution in [3.05, 3.63) is 59.9 Å². The molecule has 0 saturated heterocycles. The Bertz CT molecular complexity index is 1170. The summed E-state index contributed by atoms with van der Waals surface area (Å²) in [6.45, 7) is 0.900. The third-order valence-electron chi connectivity index (χ3n) is 4.50. The molecule has 1 aromatic heterocycles. The predicted molar refractivity (Wildman–Crippen MR) is 116 cm³/mol. The standard InChI is InChI=1S/C22H20F7N5O/c1-34(2)10-9-30-20-31-17(13-5-3-6-14(11-13)35-22(27,28)29)12-18(33-20)32-19-15(21(24,25)26)7-4-8-16(19)23/h3-8,11-12H,9-10H2,1-2H3,(H2,30,31,32,33). The number of aromatic nitrogens is 2. The Morgan fingerprint density at radius 2 is 1.66 bits per heavy atom. The molecule has 0 atom stereocenters. The maximum atomic E-state index is 14.3. The van der Waals surface area contributed by atoms with Crippen LogP contribution in [0.25, 0.3) is 11.3 Å². The third kappa shape index (κ3) is 7.44. The predicted octanol–water partition coefficient (Wildman–Crippen LogP) is 5.92. The van der Waals surface area contributed by atoms with Crippen molar-refractivity contribution in [2.45, 2.75) is 12.5 Å². The molecule has 0 radical (unpaired) electrons. The van der Waals surface area contributed by atoms with Crippen molar-refractivity contribution in [3.8, 4) is 17.0 Å². The van der Waals surface area contributed by atoms with Crippen LogP contribution in [0.4, 0.5) is 48.2 Å². The minimum absolute atomic E-state index is 0.0288. The minimum Gasteiger partial charge on any atom is -0.406 e. The molecule has 13 heteroatoms. The first-order valence-corrected chi connectivity index (χ1v) is 10.1. The highest BCUT2D eigenvalue weighted by atomic mass is 19.4. The Labute approximate surface area is 195 Å². The summed E-state index contributed by atoms with van der Waals surface area (Å²) in [7, 11) is 3.63. The van der Waals surface area contributed by atoms with Crippen LogP contribution in [0.1, 0.15) is 5.56 Å². The number of hydrogen-bond donors (Lipinski definition) is 2. The van der Waals surface area contributed by atoms with Crippen molar-refractivity contribution in [2.75, 3.05) is 37.8 Å². The van der Waals surface area contributed by atoms with Gasteiger partial charge in [0.1, 0.15) is 17.4 Å². The molecule has 6 nitrogen and oxygen atoms in total. The van der Waals surface area contributed by atoms with Crippen LogP contribution in [-0.2, 0) is 6.18 Å². The van der Waals surface area contributed by atoms with Crippen molar-refractivity contribution in [1.29, 1.82) is 0 Å². The summed E-state index contributed by atoms with van der Waals surface area (Å²) in [5, 5.41) is 5.24. The highest BCUT2D eigenvalue weighted by Crippen LogP contribution is 2.38. The summed E-state index contributed by atoms with van der Waals surface area (Å²) in [6.07, 6.45) is -9.77. The van der Waals surface area contributed by atoms with Crippen molar-refractivity contribution < 1.29 is 35.5 Å². The molecule has 0 aliphatic carbocycles. The number of alkyl halides is 6. The Hall–Kier alpha value is -3.61. The summed E-state index contributed by atoms with van der Waals surface area (Å²) in [6, 6.07) is 8.56. The molecule has 1 heterocycles. The lowest BCUT2D eigenvalue weighted by Crippen LogP contribution is -2.21. The molecule has 188 valence electrons. The Balaban J connectivity index is 2.04.